The second-order valence-electron chi connectivity index (χ2n) is 5.99. The van der Waals surface area contributed by atoms with Gasteiger partial charge in [-0.1, -0.05) is 18.0 Å². The number of halogens is 1. The van der Waals surface area contributed by atoms with Gasteiger partial charge in [0.15, 0.2) is 0 Å². The Kier molecular flexibility index (Phi) is 3.83. The SMILES string of the molecule is COc1ccc(C(O)C2CC3CCC2C3)c(OC)c1Cl. The molecule has 110 valence electrons. The van der Waals surface area contributed by atoms with Gasteiger partial charge in [0.2, 0.25) is 0 Å². The number of hydrogen-bond acceptors (Lipinski definition) is 3. The van der Waals surface area contributed by atoms with Crippen LogP contribution in [0, 0.1) is 17.8 Å². The molecule has 0 saturated heterocycles. The molecule has 4 atom stereocenters. The average Bonchev–Trinajstić information content (AvgIpc) is 3.08. The van der Waals surface area contributed by atoms with Crippen LogP contribution in [-0.4, -0.2) is 19.3 Å². The largest absolute Gasteiger partial charge is 0.495 e. The van der Waals surface area contributed by atoms with Crippen molar-refractivity contribution < 1.29 is 14.6 Å². The molecule has 1 N–H and O–H groups in total. The summed E-state index contributed by atoms with van der Waals surface area (Å²) in [5, 5.41) is 11.2. The minimum absolute atomic E-state index is 0.340. The van der Waals surface area contributed by atoms with Gasteiger partial charge in [-0.05, 0) is 49.1 Å². The maximum absolute atomic E-state index is 10.8. The average molecular weight is 297 g/mol. The summed E-state index contributed by atoms with van der Waals surface area (Å²) in [6.45, 7) is 0. The van der Waals surface area contributed by atoms with Gasteiger partial charge in [-0.3, -0.25) is 0 Å². The number of aliphatic hydroxyl groups excluding tert-OH is 1. The summed E-state index contributed by atoms with van der Waals surface area (Å²) in [4.78, 5) is 0. The molecule has 0 spiro atoms. The van der Waals surface area contributed by atoms with Crippen LogP contribution in [0.5, 0.6) is 11.5 Å². The molecule has 2 aliphatic carbocycles. The van der Waals surface area contributed by atoms with Gasteiger partial charge in [0, 0.05) is 5.56 Å². The minimum atomic E-state index is -0.497. The number of methoxy groups -OCH3 is 2. The molecule has 3 rings (SSSR count). The number of aliphatic hydroxyl groups is 1. The van der Waals surface area contributed by atoms with Crippen LogP contribution in [0.2, 0.25) is 5.02 Å². The third-order valence-electron chi connectivity index (χ3n) is 5.03. The molecule has 0 aliphatic heterocycles. The van der Waals surface area contributed by atoms with E-state index in [4.69, 9.17) is 21.1 Å². The summed E-state index contributed by atoms with van der Waals surface area (Å²) in [6.07, 6.45) is 4.48. The number of rotatable bonds is 4. The van der Waals surface area contributed by atoms with Crippen LogP contribution in [0.25, 0.3) is 0 Å². The quantitative estimate of drug-likeness (QED) is 0.918. The van der Waals surface area contributed by atoms with Crippen molar-refractivity contribution in [3.05, 3.63) is 22.7 Å². The zero-order valence-electron chi connectivity index (χ0n) is 11.9. The van der Waals surface area contributed by atoms with Crippen LogP contribution in [0.1, 0.15) is 37.4 Å². The van der Waals surface area contributed by atoms with Gasteiger partial charge >= 0.3 is 0 Å². The highest BCUT2D eigenvalue weighted by molar-refractivity contribution is 6.33. The van der Waals surface area contributed by atoms with E-state index in [2.05, 4.69) is 0 Å². The monoisotopic (exact) mass is 296 g/mol. The zero-order valence-corrected chi connectivity index (χ0v) is 12.7. The van der Waals surface area contributed by atoms with Crippen molar-refractivity contribution in [2.24, 2.45) is 17.8 Å². The van der Waals surface area contributed by atoms with Gasteiger partial charge in [-0.25, -0.2) is 0 Å². The highest BCUT2D eigenvalue weighted by Gasteiger charge is 2.43. The van der Waals surface area contributed by atoms with E-state index < -0.39 is 6.10 Å². The maximum Gasteiger partial charge on any atom is 0.147 e. The number of fused-ring (bicyclic) bond motifs is 2. The molecule has 2 aliphatic rings. The highest BCUT2D eigenvalue weighted by atomic mass is 35.5. The predicted octanol–water partition coefficient (Wildman–Crippen LogP) is 3.83. The number of benzene rings is 1. The Labute approximate surface area is 124 Å². The van der Waals surface area contributed by atoms with E-state index in [0.717, 1.165) is 17.9 Å². The van der Waals surface area contributed by atoms with Gasteiger partial charge in [-0.15, -0.1) is 0 Å². The lowest BCUT2D eigenvalue weighted by atomic mass is 9.82. The van der Waals surface area contributed by atoms with Crippen molar-refractivity contribution in [2.45, 2.75) is 31.8 Å². The molecule has 0 heterocycles. The van der Waals surface area contributed by atoms with Gasteiger partial charge in [0.25, 0.3) is 0 Å². The molecule has 2 fully saturated rings. The van der Waals surface area contributed by atoms with E-state index in [1.165, 1.54) is 19.3 Å². The smallest absolute Gasteiger partial charge is 0.147 e. The molecular formula is C16H21ClO3. The van der Waals surface area contributed by atoms with Gasteiger partial charge in [0.1, 0.15) is 16.5 Å². The van der Waals surface area contributed by atoms with Crippen molar-refractivity contribution in [1.82, 2.24) is 0 Å². The van der Waals surface area contributed by atoms with E-state index in [-0.39, 0.29) is 0 Å². The van der Waals surface area contributed by atoms with Crippen LogP contribution in [0.3, 0.4) is 0 Å². The first-order valence-electron chi connectivity index (χ1n) is 7.24. The van der Waals surface area contributed by atoms with Crippen molar-refractivity contribution in [2.75, 3.05) is 14.2 Å². The van der Waals surface area contributed by atoms with E-state index in [9.17, 15) is 5.11 Å². The van der Waals surface area contributed by atoms with Crippen LogP contribution >= 0.6 is 11.6 Å². The fourth-order valence-electron chi connectivity index (χ4n) is 4.06. The van der Waals surface area contributed by atoms with Crippen molar-refractivity contribution >= 4 is 11.6 Å². The first kappa shape index (κ1) is 14.0. The lowest BCUT2D eigenvalue weighted by molar-refractivity contribution is 0.0722. The molecule has 1 aromatic rings. The molecule has 4 unspecified atom stereocenters. The molecule has 1 aromatic carbocycles. The first-order valence-corrected chi connectivity index (χ1v) is 7.62. The molecular weight excluding hydrogens is 276 g/mol. The fourth-order valence-corrected chi connectivity index (χ4v) is 4.39. The van der Waals surface area contributed by atoms with Crippen LogP contribution < -0.4 is 9.47 Å². The van der Waals surface area contributed by atoms with Crippen LogP contribution in [0.4, 0.5) is 0 Å². The lowest BCUT2D eigenvalue weighted by Gasteiger charge is -2.28. The minimum Gasteiger partial charge on any atom is -0.495 e. The second kappa shape index (κ2) is 5.45. The molecule has 3 nitrogen and oxygen atoms in total. The summed E-state index contributed by atoms with van der Waals surface area (Å²) >= 11 is 6.28. The molecule has 4 heteroatoms. The maximum atomic E-state index is 10.8. The van der Waals surface area contributed by atoms with Crippen LogP contribution in [0.15, 0.2) is 12.1 Å². The fraction of sp³-hybridized carbons (Fsp3) is 0.625. The second-order valence-corrected chi connectivity index (χ2v) is 6.37. The Morgan fingerprint density at radius 2 is 2.00 bits per heavy atom. The Morgan fingerprint density at radius 3 is 2.55 bits per heavy atom. The Hall–Kier alpha value is -0.930. The Balaban J connectivity index is 1.91. The third-order valence-corrected chi connectivity index (χ3v) is 5.39. The standard InChI is InChI=1S/C16H21ClO3/c1-19-13-6-5-11(16(20-2)14(13)17)15(18)12-8-9-3-4-10(12)7-9/h5-6,9-10,12,15,18H,3-4,7-8H2,1-2H3. The van der Waals surface area contributed by atoms with Gasteiger partial charge < -0.3 is 14.6 Å². The molecule has 0 aromatic heterocycles. The Bertz CT molecular complexity index is 503. The molecule has 2 saturated carbocycles. The van der Waals surface area contributed by atoms with E-state index in [0.29, 0.717) is 28.4 Å². The first-order chi connectivity index (χ1) is 9.65. The molecule has 0 amide bonds. The van der Waals surface area contributed by atoms with Crippen molar-refractivity contribution in [1.29, 1.82) is 0 Å². The van der Waals surface area contributed by atoms with E-state index in [1.54, 1.807) is 20.3 Å². The summed E-state index contributed by atoms with van der Waals surface area (Å²) in [5.41, 5.74) is 0.788. The molecule has 0 radical (unpaired) electrons. The summed E-state index contributed by atoms with van der Waals surface area (Å²) < 4.78 is 10.6. The summed E-state index contributed by atoms with van der Waals surface area (Å²) in [5.74, 6) is 2.92. The summed E-state index contributed by atoms with van der Waals surface area (Å²) in [7, 11) is 3.16. The molecule has 2 bridgehead atoms. The topological polar surface area (TPSA) is 38.7 Å². The van der Waals surface area contributed by atoms with E-state index in [1.807, 2.05) is 6.07 Å². The third kappa shape index (κ3) is 2.17. The number of ether oxygens (including phenoxy) is 2. The summed E-state index contributed by atoms with van der Waals surface area (Å²) in [6, 6.07) is 3.68. The van der Waals surface area contributed by atoms with Gasteiger partial charge in [0.05, 0.1) is 20.3 Å². The zero-order chi connectivity index (χ0) is 14.3. The van der Waals surface area contributed by atoms with Crippen LogP contribution in [-0.2, 0) is 0 Å². The Morgan fingerprint density at radius 1 is 1.20 bits per heavy atom. The van der Waals surface area contributed by atoms with Crippen molar-refractivity contribution in [3.8, 4) is 11.5 Å². The molecule has 20 heavy (non-hydrogen) atoms. The van der Waals surface area contributed by atoms with Crippen molar-refractivity contribution in [3.63, 3.8) is 0 Å². The normalized spacial score (nSPS) is 29.5. The number of hydrogen-bond donors (Lipinski definition) is 1. The lowest BCUT2D eigenvalue weighted by Crippen LogP contribution is -2.19. The van der Waals surface area contributed by atoms with E-state index >= 15 is 0 Å². The predicted molar refractivity (Wildman–Crippen MR) is 78.5 cm³/mol. The highest BCUT2D eigenvalue weighted by Crippen LogP contribution is 2.54. The van der Waals surface area contributed by atoms with Gasteiger partial charge in [-0.2, -0.15) is 0 Å².